The Kier molecular flexibility index (Phi) is 5.62. The maximum atomic E-state index is 6.29. The molecule has 0 aliphatic heterocycles. The van der Waals surface area contributed by atoms with Crippen LogP contribution in [0.2, 0.25) is 5.02 Å². The molecule has 2 heteroatoms. The molecule has 0 nitrogen and oxygen atoms in total. The van der Waals surface area contributed by atoms with Crippen LogP contribution in [0.25, 0.3) is 4.91 Å². The Morgan fingerprint density at radius 1 is 1.19 bits per heavy atom. The first-order valence-corrected chi connectivity index (χ1v) is 8.79. The molecule has 0 saturated carbocycles. The zero-order chi connectivity index (χ0) is 15.5. The Labute approximate surface area is 139 Å². The number of thiol groups is 1. The van der Waals surface area contributed by atoms with Gasteiger partial charge < -0.3 is 0 Å². The second-order valence-corrected chi connectivity index (χ2v) is 6.83. The third kappa shape index (κ3) is 2.96. The molecule has 0 fully saturated rings. The summed E-state index contributed by atoms with van der Waals surface area (Å²) in [4.78, 5) is 1.09. The van der Waals surface area contributed by atoms with Gasteiger partial charge in [0, 0.05) is 15.3 Å². The van der Waals surface area contributed by atoms with Crippen molar-refractivity contribution in [3.8, 4) is 0 Å². The topological polar surface area (TPSA) is 0 Å². The van der Waals surface area contributed by atoms with Crippen LogP contribution in [0.4, 0.5) is 0 Å². The summed E-state index contributed by atoms with van der Waals surface area (Å²) < 4.78 is 0. The fraction of sp³-hybridized carbons (Fsp3) is 0.474. The van der Waals surface area contributed by atoms with Crippen molar-refractivity contribution in [1.82, 2.24) is 0 Å². The monoisotopic (exact) mass is 320 g/mol. The molecule has 1 aliphatic rings. The van der Waals surface area contributed by atoms with Gasteiger partial charge in [0.05, 0.1) is 0 Å². The van der Waals surface area contributed by atoms with E-state index in [2.05, 4.69) is 32.6 Å². The van der Waals surface area contributed by atoms with Crippen LogP contribution in [-0.2, 0) is 5.41 Å². The van der Waals surface area contributed by atoms with E-state index >= 15 is 0 Å². The molecule has 0 amide bonds. The van der Waals surface area contributed by atoms with Crippen molar-refractivity contribution in [3.05, 3.63) is 52.6 Å². The summed E-state index contributed by atoms with van der Waals surface area (Å²) in [6.07, 6.45) is 9.17. The minimum atomic E-state index is 0.0606. The van der Waals surface area contributed by atoms with E-state index in [0.29, 0.717) is 0 Å². The van der Waals surface area contributed by atoms with E-state index in [-0.39, 0.29) is 5.41 Å². The third-order valence-corrected chi connectivity index (χ3v) is 5.36. The summed E-state index contributed by atoms with van der Waals surface area (Å²) >= 11 is 11.1. The van der Waals surface area contributed by atoms with Gasteiger partial charge >= 0.3 is 0 Å². The maximum Gasteiger partial charge on any atom is 0.0409 e. The highest BCUT2D eigenvalue weighted by molar-refractivity contribution is 7.90. The van der Waals surface area contributed by atoms with Crippen molar-refractivity contribution in [2.24, 2.45) is 0 Å². The summed E-state index contributed by atoms with van der Waals surface area (Å²) in [6, 6.07) is 6.23. The average Bonchev–Trinajstić information content (AvgIpc) is 2.71. The number of rotatable bonds is 7. The fourth-order valence-corrected chi connectivity index (χ4v) is 4.22. The molecule has 0 atom stereocenters. The van der Waals surface area contributed by atoms with Gasteiger partial charge in [-0.15, -0.1) is 12.6 Å². The fourth-order valence-electron chi connectivity index (χ4n) is 3.55. The van der Waals surface area contributed by atoms with Crippen molar-refractivity contribution < 1.29 is 0 Å². The summed E-state index contributed by atoms with van der Waals surface area (Å²) in [5.74, 6) is 0. The van der Waals surface area contributed by atoms with E-state index in [1.807, 2.05) is 12.1 Å². The Balaban J connectivity index is 2.59. The first-order chi connectivity index (χ1) is 10.1. The predicted molar refractivity (Wildman–Crippen MR) is 98.3 cm³/mol. The highest BCUT2D eigenvalue weighted by Crippen LogP contribution is 2.54. The SMILES string of the molecule is C=CC1=C(S)c2ccc(Cl)cc2C1(CCCC)CCCC. The highest BCUT2D eigenvalue weighted by Gasteiger charge is 2.42. The van der Waals surface area contributed by atoms with Gasteiger partial charge in [0.2, 0.25) is 0 Å². The summed E-state index contributed by atoms with van der Waals surface area (Å²) in [7, 11) is 0. The molecule has 1 aromatic carbocycles. The molecule has 0 bridgehead atoms. The minimum Gasteiger partial charge on any atom is -0.142 e. The first-order valence-electron chi connectivity index (χ1n) is 7.97. The molecule has 21 heavy (non-hydrogen) atoms. The summed E-state index contributed by atoms with van der Waals surface area (Å²) in [5, 5.41) is 0.817. The summed E-state index contributed by atoms with van der Waals surface area (Å²) in [6.45, 7) is 8.57. The van der Waals surface area contributed by atoms with E-state index in [1.165, 1.54) is 42.4 Å². The molecule has 1 aromatic rings. The zero-order valence-corrected chi connectivity index (χ0v) is 14.7. The molecule has 0 spiro atoms. The first kappa shape index (κ1) is 16.7. The van der Waals surface area contributed by atoms with E-state index < -0.39 is 0 Å². The number of allylic oxidation sites excluding steroid dienone is 2. The van der Waals surface area contributed by atoms with Gasteiger partial charge in [-0.05, 0) is 41.7 Å². The number of unbranched alkanes of at least 4 members (excludes halogenated alkanes) is 2. The molecular weight excluding hydrogens is 296 g/mol. The quantitative estimate of drug-likeness (QED) is 0.525. The van der Waals surface area contributed by atoms with Crippen LogP contribution in [0.1, 0.15) is 63.5 Å². The minimum absolute atomic E-state index is 0.0606. The van der Waals surface area contributed by atoms with Crippen molar-refractivity contribution in [2.75, 3.05) is 0 Å². The third-order valence-electron chi connectivity index (χ3n) is 4.64. The van der Waals surface area contributed by atoms with Crippen LogP contribution in [-0.4, -0.2) is 0 Å². The molecule has 0 N–H and O–H groups in total. The highest BCUT2D eigenvalue weighted by atomic mass is 35.5. The van der Waals surface area contributed by atoms with Crippen LogP contribution in [0, 0.1) is 0 Å². The maximum absolute atomic E-state index is 6.29. The van der Waals surface area contributed by atoms with E-state index in [4.69, 9.17) is 24.2 Å². The molecule has 0 heterocycles. The molecule has 0 aromatic heterocycles. The average molecular weight is 321 g/mol. The second kappa shape index (κ2) is 7.07. The Hall–Kier alpha value is -0.660. The standard InChI is InChI=1S/C19H25ClS/c1-4-7-11-19(12-8-5-2)16(6-3)18(21)15-10-9-14(20)13-17(15)19/h6,9-10,13,21H,3-5,7-8,11-12H2,1-2H3. The number of hydrogen-bond acceptors (Lipinski definition) is 1. The van der Waals surface area contributed by atoms with Crippen LogP contribution in [0.5, 0.6) is 0 Å². The van der Waals surface area contributed by atoms with Gasteiger partial charge in [-0.25, -0.2) is 0 Å². The zero-order valence-electron chi connectivity index (χ0n) is 13.1. The molecule has 0 saturated heterocycles. The lowest BCUT2D eigenvalue weighted by Gasteiger charge is -2.33. The van der Waals surface area contributed by atoms with Gasteiger partial charge in [-0.1, -0.05) is 69.9 Å². The smallest absolute Gasteiger partial charge is 0.0409 e. The lowest BCUT2D eigenvalue weighted by Crippen LogP contribution is -2.26. The second-order valence-electron chi connectivity index (χ2n) is 5.95. The largest absolute Gasteiger partial charge is 0.142 e. The summed E-state index contributed by atoms with van der Waals surface area (Å²) in [5.41, 5.74) is 3.96. The van der Waals surface area contributed by atoms with Gasteiger partial charge in [0.1, 0.15) is 0 Å². The number of benzene rings is 1. The Morgan fingerprint density at radius 3 is 2.33 bits per heavy atom. The van der Waals surface area contributed by atoms with Crippen LogP contribution < -0.4 is 0 Å². The Morgan fingerprint density at radius 2 is 1.81 bits per heavy atom. The molecule has 2 rings (SSSR count). The van der Waals surface area contributed by atoms with Gasteiger partial charge in [-0.3, -0.25) is 0 Å². The van der Waals surface area contributed by atoms with Crippen LogP contribution >= 0.6 is 24.2 Å². The lowest BCUT2D eigenvalue weighted by atomic mass is 9.70. The van der Waals surface area contributed by atoms with Gasteiger partial charge in [-0.2, -0.15) is 0 Å². The predicted octanol–water partition coefficient (Wildman–Crippen LogP) is 6.80. The van der Waals surface area contributed by atoms with Crippen molar-refractivity contribution in [1.29, 1.82) is 0 Å². The number of halogens is 1. The van der Waals surface area contributed by atoms with E-state index in [1.54, 1.807) is 0 Å². The van der Waals surface area contributed by atoms with Gasteiger partial charge in [0.25, 0.3) is 0 Å². The van der Waals surface area contributed by atoms with E-state index in [9.17, 15) is 0 Å². The molecular formula is C19H25ClS. The number of hydrogen-bond donors (Lipinski definition) is 1. The van der Waals surface area contributed by atoms with E-state index in [0.717, 1.165) is 22.8 Å². The van der Waals surface area contributed by atoms with Crippen molar-refractivity contribution >= 4 is 29.1 Å². The molecule has 1 aliphatic carbocycles. The molecule has 0 unspecified atom stereocenters. The van der Waals surface area contributed by atoms with Crippen molar-refractivity contribution in [3.63, 3.8) is 0 Å². The van der Waals surface area contributed by atoms with Crippen molar-refractivity contribution in [2.45, 2.75) is 57.8 Å². The van der Waals surface area contributed by atoms with Crippen LogP contribution in [0.3, 0.4) is 0 Å². The van der Waals surface area contributed by atoms with Gasteiger partial charge in [0.15, 0.2) is 0 Å². The lowest BCUT2D eigenvalue weighted by molar-refractivity contribution is 0.412. The number of fused-ring (bicyclic) bond motifs is 1. The normalized spacial score (nSPS) is 16.2. The molecule has 0 radical (unpaired) electrons. The van der Waals surface area contributed by atoms with Crippen LogP contribution in [0.15, 0.2) is 36.4 Å². The molecule has 114 valence electrons. The Bertz CT molecular complexity index is 549.